The highest BCUT2D eigenvalue weighted by atomic mass is 19.4. The Hall–Kier alpha value is -2.71. The molecule has 0 aromatic heterocycles. The highest BCUT2D eigenvalue weighted by Crippen LogP contribution is 2.28. The summed E-state index contributed by atoms with van der Waals surface area (Å²) >= 11 is 0. The summed E-state index contributed by atoms with van der Waals surface area (Å²) in [6.45, 7) is 12.5. The molecule has 8 heteroatoms. The number of carbonyl (C=O) groups excluding carboxylic acids is 1. The van der Waals surface area contributed by atoms with Crippen molar-refractivity contribution in [3.05, 3.63) is 70.8 Å². The third kappa shape index (κ3) is 13.6. The zero-order chi connectivity index (χ0) is 29.2. The summed E-state index contributed by atoms with van der Waals surface area (Å²) in [5.74, 6) is -0.179. The summed E-state index contributed by atoms with van der Waals surface area (Å²) < 4.78 is 43.6. The van der Waals surface area contributed by atoms with E-state index in [9.17, 15) is 18.0 Å². The van der Waals surface area contributed by atoms with Gasteiger partial charge in [0.2, 0.25) is 0 Å². The summed E-state index contributed by atoms with van der Waals surface area (Å²) in [7, 11) is 0. The molecule has 0 spiro atoms. The van der Waals surface area contributed by atoms with E-state index in [1.807, 2.05) is 24.3 Å². The summed E-state index contributed by atoms with van der Waals surface area (Å²) in [5, 5.41) is 0. The van der Waals surface area contributed by atoms with E-state index in [4.69, 9.17) is 4.74 Å². The van der Waals surface area contributed by atoms with E-state index < -0.39 is 11.7 Å². The average molecular weight is 562 g/mol. The molecular weight excluding hydrogens is 515 g/mol. The summed E-state index contributed by atoms with van der Waals surface area (Å²) in [6, 6.07) is 13.1. The van der Waals surface area contributed by atoms with E-state index in [0.29, 0.717) is 25.3 Å². The highest BCUT2D eigenvalue weighted by molar-refractivity contribution is 5.79. The van der Waals surface area contributed by atoms with Crippen molar-refractivity contribution in [1.29, 1.82) is 0 Å². The Kier molecular flexibility index (Phi) is 15.6. The summed E-state index contributed by atoms with van der Waals surface area (Å²) in [4.78, 5) is 21.5. The smallest absolute Gasteiger partial charge is 0.416 e. The molecule has 2 aromatic carbocycles. The molecule has 0 radical (unpaired) electrons. The number of alkyl halides is 3. The fourth-order valence-electron chi connectivity index (χ4n) is 4.43. The van der Waals surface area contributed by atoms with Crippen LogP contribution in [0.1, 0.15) is 81.5 Å². The SMILES string of the molecule is CCCCOC(=O)CN(CCCCN(CCC)CCC)Cc1ccc(CN=Cc2ccc(C(F)(F)F)cc2)cc1. The van der Waals surface area contributed by atoms with Gasteiger partial charge in [-0.3, -0.25) is 14.7 Å². The van der Waals surface area contributed by atoms with Gasteiger partial charge in [-0.15, -0.1) is 0 Å². The molecule has 2 aromatic rings. The van der Waals surface area contributed by atoms with Gasteiger partial charge in [0.05, 0.1) is 25.3 Å². The van der Waals surface area contributed by atoms with Crippen LogP contribution in [-0.4, -0.2) is 61.3 Å². The van der Waals surface area contributed by atoms with Crippen molar-refractivity contribution in [3.8, 4) is 0 Å². The molecule has 222 valence electrons. The number of nitrogens with zero attached hydrogens (tertiary/aromatic N) is 3. The topological polar surface area (TPSA) is 45.1 Å². The number of esters is 1. The molecule has 5 nitrogen and oxygen atoms in total. The van der Waals surface area contributed by atoms with Crippen molar-refractivity contribution in [1.82, 2.24) is 9.80 Å². The molecule has 0 aliphatic carbocycles. The lowest BCUT2D eigenvalue weighted by atomic mass is 10.1. The Morgan fingerprint density at radius 3 is 1.98 bits per heavy atom. The second-order valence-electron chi connectivity index (χ2n) is 10.2. The normalized spacial score (nSPS) is 12.1. The van der Waals surface area contributed by atoms with Crippen LogP contribution >= 0.6 is 0 Å². The number of hydrogen-bond donors (Lipinski definition) is 0. The molecule has 0 unspecified atom stereocenters. The lowest BCUT2D eigenvalue weighted by Crippen LogP contribution is -2.32. The quantitative estimate of drug-likeness (QED) is 0.102. The Bertz CT molecular complexity index is 986. The Labute approximate surface area is 238 Å². The fraction of sp³-hybridized carbons (Fsp3) is 0.562. The van der Waals surface area contributed by atoms with Crippen molar-refractivity contribution >= 4 is 12.2 Å². The van der Waals surface area contributed by atoms with Crippen molar-refractivity contribution in [3.63, 3.8) is 0 Å². The highest BCUT2D eigenvalue weighted by Gasteiger charge is 2.29. The number of ether oxygens (including phenoxy) is 1. The fourth-order valence-corrected chi connectivity index (χ4v) is 4.43. The molecule has 2 rings (SSSR count). The number of hydrogen-bond acceptors (Lipinski definition) is 5. The van der Waals surface area contributed by atoms with E-state index in [0.717, 1.165) is 88.0 Å². The largest absolute Gasteiger partial charge is 0.465 e. The minimum atomic E-state index is -4.34. The van der Waals surface area contributed by atoms with Crippen LogP contribution < -0.4 is 0 Å². The zero-order valence-electron chi connectivity index (χ0n) is 24.4. The number of halogens is 3. The van der Waals surface area contributed by atoms with Gasteiger partial charge in [0, 0.05) is 12.8 Å². The number of carbonyl (C=O) groups is 1. The molecule has 0 atom stereocenters. The molecule has 0 saturated carbocycles. The second-order valence-corrected chi connectivity index (χ2v) is 10.2. The molecule has 0 bridgehead atoms. The van der Waals surface area contributed by atoms with Crippen LogP contribution in [0.15, 0.2) is 53.5 Å². The maximum Gasteiger partial charge on any atom is 0.416 e. The predicted molar refractivity (Wildman–Crippen MR) is 157 cm³/mol. The molecule has 0 N–H and O–H groups in total. The van der Waals surface area contributed by atoms with Gasteiger partial charge in [-0.25, -0.2) is 0 Å². The average Bonchev–Trinajstić information content (AvgIpc) is 2.92. The molecule has 0 aliphatic rings. The zero-order valence-corrected chi connectivity index (χ0v) is 24.4. The number of unbranched alkanes of at least 4 members (excludes halogenated alkanes) is 2. The van der Waals surface area contributed by atoms with Crippen LogP contribution in [0.5, 0.6) is 0 Å². The monoisotopic (exact) mass is 561 g/mol. The van der Waals surface area contributed by atoms with Crippen LogP contribution in [-0.2, 0) is 28.8 Å². The first-order chi connectivity index (χ1) is 19.2. The first-order valence-corrected chi connectivity index (χ1v) is 14.6. The lowest BCUT2D eigenvalue weighted by Gasteiger charge is -2.24. The molecule has 0 aliphatic heterocycles. The third-order valence-corrected chi connectivity index (χ3v) is 6.57. The molecule has 0 amide bonds. The number of benzene rings is 2. The maximum absolute atomic E-state index is 12.7. The van der Waals surface area contributed by atoms with Gasteiger partial charge >= 0.3 is 12.1 Å². The van der Waals surface area contributed by atoms with E-state index in [1.165, 1.54) is 12.1 Å². The van der Waals surface area contributed by atoms with Crippen LogP contribution in [0.3, 0.4) is 0 Å². The van der Waals surface area contributed by atoms with Gasteiger partial charge < -0.3 is 9.64 Å². The molecule has 0 fully saturated rings. The second kappa shape index (κ2) is 18.6. The van der Waals surface area contributed by atoms with E-state index >= 15 is 0 Å². The van der Waals surface area contributed by atoms with E-state index in [-0.39, 0.29) is 12.5 Å². The van der Waals surface area contributed by atoms with Crippen molar-refractivity contribution in [2.24, 2.45) is 4.99 Å². The minimum absolute atomic E-state index is 0.179. The van der Waals surface area contributed by atoms with Crippen molar-refractivity contribution < 1.29 is 22.7 Å². The maximum atomic E-state index is 12.7. The number of aliphatic imine (C=N–C) groups is 1. The van der Waals surface area contributed by atoms with Crippen molar-refractivity contribution in [2.45, 2.75) is 78.6 Å². The van der Waals surface area contributed by atoms with Crippen LogP contribution in [0.2, 0.25) is 0 Å². The lowest BCUT2D eigenvalue weighted by molar-refractivity contribution is -0.145. The Morgan fingerprint density at radius 1 is 0.800 bits per heavy atom. The first-order valence-electron chi connectivity index (χ1n) is 14.6. The van der Waals surface area contributed by atoms with Crippen molar-refractivity contribution in [2.75, 3.05) is 39.3 Å². The molecule has 0 saturated heterocycles. The van der Waals surface area contributed by atoms with Crippen LogP contribution in [0, 0.1) is 0 Å². The third-order valence-electron chi connectivity index (χ3n) is 6.57. The first kappa shape index (κ1) is 33.5. The van der Waals surface area contributed by atoms with Gasteiger partial charge in [0.15, 0.2) is 0 Å². The van der Waals surface area contributed by atoms with Gasteiger partial charge in [0.1, 0.15) is 0 Å². The summed E-state index contributed by atoms with van der Waals surface area (Å²) in [5.41, 5.74) is 2.07. The Morgan fingerprint density at radius 2 is 1.40 bits per heavy atom. The van der Waals surface area contributed by atoms with Gasteiger partial charge in [-0.2, -0.15) is 13.2 Å². The molecule has 0 heterocycles. The van der Waals surface area contributed by atoms with E-state index in [1.54, 1.807) is 6.21 Å². The van der Waals surface area contributed by atoms with Gasteiger partial charge in [-0.05, 0) is 87.1 Å². The predicted octanol–water partition coefficient (Wildman–Crippen LogP) is 7.37. The van der Waals surface area contributed by atoms with Gasteiger partial charge in [0.25, 0.3) is 0 Å². The Balaban J connectivity index is 1.91. The van der Waals surface area contributed by atoms with Gasteiger partial charge in [-0.1, -0.05) is 63.6 Å². The molecular formula is C32H46F3N3O2. The summed E-state index contributed by atoms with van der Waals surface area (Å²) in [6.07, 6.45) is 3.54. The number of rotatable bonds is 19. The van der Waals surface area contributed by atoms with Crippen LogP contribution in [0.25, 0.3) is 0 Å². The molecule has 40 heavy (non-hydrogen) atoms. The van der Waals surface area contributed by atoms with E-state index in [2.05, 4.69) is 35.6 Å². The minimum Gasteiger partial charge on any atom is -0.465 e. The standard InChI is InChI=1S/C32H46F3N3O2/c1-4-7-22-40-31(39)26-38(21-9-8-20-37(18-5-2)19-6-3)25-29-12-10-27(11-13-29)23-36-24-28-14-16-30(17-15-28)32(33,34)35/h10-17,24H,4-9,18-23,25-26H2,1-3H3. The van der Waals surface area contributed by atoms with Crippen LogP contribution in [0.4, 0.5) is 13.2 Å².